The summed E-state index contributed by atoms with van der Waals surface area (Å²) in [4.78, 5) is 28.4. The molecule has 0 bridgehead atoms. The van der Waals surface area contributed by atoms with Crippen LogP contribution in [0.1, 0.15) is 23.6 Å². The van der Waals surface area contributed by atoms with Gasteiger partial charge in [-0.05, 0) is 38.0 Å². The molecule has 0 saturated carbocycles. The predicted molar refractivity (Wildman–Crippen MR) is 117 cm³/mol. The van der Waals surface area contributed by atoms with Crippen molar-refractivity contribution in [3.63, 3.8) is 0 Å². The van der Waals surface area contributed by atoms with Crippen molar-refractivity contribution in [3.8, 4) is 17.0 Å². The van der Waals surface area contributed by atoms with Crippen LogP contribution >= 0.6 is 11.3 Å². The zero-order valence-electron chi connectivity index (χ0n) is 16.8. The van der Waals surface area contributed by atoms with E-state index in [9.17, 15) is 9.59 Å². The molecule has 150 valence electrons. The first-order valence-electron chi connectivity index (χ1n) is 9.18. The number of aromatic nitrogens is 1. The van der Waals surface area contributed by atoms with E-state index in [0.717, 1.165) is 22.3 Å². The van der Waals surface area contributed by atoms with Crippen LogP contribution in [0.2, 0.25) is 0 Å². The minimum atomic E-state index is -0.315. The lowest BCUT2D eigenvalue weighted by Crippen LogP contribution is -2.20. The van der Waals surface area contributed by atoms with Gasteiger partial charge in [-0.25, -0.2) is 4.98 Å². The topological polar surface area (TPSA) is 80.3 Å². The Balaban J connectivity index is 1.74. The molecule has 2 aromatic carbocycles. The summed E-state index contributed by atoms with van der Waals surface area (Å²) in [5.74, 6) is 0.168. The van der Waals surface area contributed by atoms with Gasteiger partial charge in [0, 0.05) is 12.5 Å². The number of carbonyl (C=O) groups excluding carboxylic acids is 2. The maximum absolute atomic E-state index is 12.3. The van der Waals surface area contributed by atoms with Gasteiger partial charge in [-0.2, -0.15) is 0 Å². The van der Waals surface area contributed by atoms with E-state index in [1.807, 2.05) is 63.2 Å². The molecule has 2 N–H and O–H groups in total. The van der Waals surface area contributed by atoms with Gasteiger partial charge in [0.1, 0.15) is 16.4 Å². The van der Waals surface area contributed by atoms with E-state index in [1.54, 1.807) is 0 Å². The summed E-state index contributed by atoms with van der Waals surface area (Å²) >= 11 is 1.21. The molecule has 29 heavy (non-hydrogen) atoms. The van der Waals surface area contributed by atoms with Gasteiger partial charge in [0.2, 0.25) is 5.91 Å². The summed E-state index contributed by atoms with van der Waals surface area (Å²) in [6.07, 6.45) is 0. The molecular weight excluding hydrogens is 386 g/mol. The van der Waals surface area contributed by atoms with Crippen molar-refractivity contribution in [1.29, 1.82) is 0 Å². The lowest BCUT2D eigenvalue weighted by molar-refractivity contribution is -0.118. The van der Waals surface area contributed by atoms with E-state index in [4.69, 9.17) is 4.74 Å². The molecule has 0 radical (unpaired) electrons. The van der Waals surface area contributed by atoms with Crippen LogP contribution in [0.4, 0.5) is 10.1 Å². The van der Waals surface area contributed by atoms with Crippen molar-refractivity contribution >= 4 is 33.3 Å². The second kappa shape index (κ2) is 8.87. The molecule has 0 aliphatic heterocycles. The average molecular weight is 410 g/mol. The van der Waals surface area contributed by atoms with Gasteiger partial charge in [-0.1, -0.05) is 53.3 Å². The molecule has 0 fully saturated rings. The smallest absolute Gasteiger partial charge is 0.264 e. The number of aryl methyl sites for hydroxylation is 2. The Morgan fingerprint density at radius 3 is 2.45 bits per heavy atom. The summed E-state index contributed by atoms with van der Waals surface area (Å²) in [5.41, 5.74) is 4.72. The molecule has 1 heterocycles. The van der Waals surface area contributed by atoms with Crippen LogP contribution in [0.3, 0.4) is 0 Å². The Bertz CT molecular complexity index is 1040. The molecule has 6 nitrogen and oxygen atoms in total. The number of hydrogen-bond acceptors (Lipinski definition) is 5. The van der Waals surface area contributed by atoms with E-state index in [0.29, 0.717) is 21.6 Å². The van der Waals surface area contributed by atoms with Crippen LogP contribution in [-0.2, 0) is 9.59 Å². The lowest BCUT2D eigenvalue weighted by Gasteiger charge is -2.10. The van der Waals surface area contributed by atoms with Crippen molar-refractivity contribution in [2.24, 2.45) is 0 Å². The maximum Gasteiger partial charge on any atom is 0.264 e. The third-order valence-corrected chi connectivity index (χ3v) is 5.29. The second-order valence-corrected chi connectivity index (χ2v) is 7.78. The van der Waals surface area contributed by atoms with Gasteiger partial charge < -0.3 is 10.1 Å². The molecule has 0 unspecified atom stereocenters. The van der Waals surface area contributed by atoms with Gasteiger partial charge in [0.15, 0.2) is 11.7 Å². The Morgan fingerprint density at radius 1 is 1.03 bits per heavy atom. The maximum atomic E-state index is 12.3. The third kappa shape index (κ3) is 5.20. The zero-order chi connectivity index (χ0) is 21.0. The number of anilines is 2. The molecule has 3 aromatic rings. The number of amides is 2. The van der Waals surface area contributed by atoms with Gasteiger partial charge in [-0.15, -0.1) is 0 Å². The monoisotopic (exact) mass is 409 g/mol. The van der Waals surface area contributed by atoms with Crippen molar-refractivity contribution in [2.75, 3.05) is 17.2 Å². The first-order chi connectivity index (χ1) is 13.8. The fourth-order valence-corrected chi connectivity index (χ4v) is 3.65. The Hall–Kier alpha value is -3.19. The van der Waals surface area contributed by atoms with Gasteiger partial charge in [0.05, 0.1) is 0 Å². The minimum Gasteiger partial charge on any atom is -0.483 e. The van der Waals surface area contributed by atoms with E-state index in [1.165, 1.54) is 18.3 Å². The number of rotatable bonds is 6. The first-order valence-corrected chi connectivity index (χ1v) is 9.99. The highest BCUT2D eigenvalue weighted by Crippen LogP contribution is 2.36. The highest BCUT2D eigenvalue weighted by atomic mass is 32.1. The lowest BCUT2D eigenvalue weighted by atomic mass is 10.1. The highest BCUT2D eigenvalue weighted by Gasteiger charge is 2.16. The first kappa shape index (κ1) is 20.5. The van der Waals surface area contributed by atoms with E-state index in [-0.39, 0.29) is 18.4 Å². The van der Waals surface area contributed by atoms with Gasteiger partial charge in [0.25, 0.3) is 5.91 Å². The molecular formula is C22H23N3O3S. The fourth-order valence-electron chi connectivity index (χ4n) is 2.70. The van der Waals surface area contributed by atoms with Gasteiger partial charge >= 0.3 is 0 Å². The number of benzene rings is 2. The Labute approximate surface area is 173 Å². The predicted octanol–water partition coefficient (Wildman–Crippen LogP) is 4.71. The summed E-state index contributed by atoms with van der Waals surface area (Å²) < 4.78 is 5.65. The third-order valence-electron chi connectivity index (χ3n) is 4.40. The molecule has 0 saturated heterocycles. The molecule has 0 aliphatic carbocycles. The second-order valence-electron chi connectivity index (χ2n) is 6.78. The molecule has 2 amide bonds. The van der Waals surface area contributed by atoms with Crippen LogP contribution in [-0.4, -0.2) is 23.4 Å². The van der Waals surface area contributed by atoms with Crippen LogP contribution in [0.15, 0.2) is 42.5 Å². The van der Waals surface area contributed by atoms with Crippen molar-refractivity contribution in [3.05, 3.63) is 59.2 Å². The van der Waals surface area contributed by atoms with Crippen molar-refractivity contribution in [2.45, 2.75) is 27.7 Å². The number of carbonyl (C=O) groups is 2. The SMILES string of the molecule is CC(=O)Nc1sc(NC(=O)COc2cccc(C)c2C)nc1-c1ccc(C)cc1. The average Bonchev–Trinajstić information content (AvgIpc) is 3.05. The highest BCUT2D eigenvalue weighted by molar-refractivity contribution is 7.20. The van der Waals surface area contributed by atoms with E-state index >= 15 is 0 Å². The number of ether oxygens (including phenoxy) is 1. The standard InChI is InChI=1S/C22H23N3O3S/c1-13-8-10-17(11-9-13)20-21(23-16(4)26)29-22(25-20)24-19(27)12-28-18-7-5-6-14(2)15(18)3/h5-11H,12H2,1-4H3,(H,23,26)(H,24,25,27). The summed E-state index contributed by atoms with van der Waals surface area (Å²) in [5, 5.41) is 6.53. The molecule has 3 rings (SSSR count). The zero-order valence-corrected chi connectivity index (χ0v) is 17.6. The largest absolute Gasteiger partial charge is 0.483 e. The number of hydrogen-bond donors (Lipinski definition) is 2. The van der Waals surface area contributed by atoms with Gasteiger partial charge in [-0.3, -0.25) is 14.9 Å². The van der Waals surface area contributed by atoms with Crippen LogP contribution in [0.5, 0.6) is 5.75 Å². The number of nitrogens with zero attached hydrogens (tertiary/aromatic N) is 1. The summed E-state index contributed by atoms with van der Waals surface area (Å²) in [7, 11) is 0. The molecule has 0 atom stereocenters. The minimum absolute atomic E-state index is 0.126. The summed E-state index contributed by atoms with van der Waals surface area (Å²) in [6, 6.07) is 13.5. The van der Waals surface area contributed by atoms with E-state index in [2.05, 4.69) is 15.6 Å². The van der Waals surface area contributed by atoms with Crippen molar-refractivity contribution < 1.29 is 14.3 Å². The van der Waals surface area contributed by atoms with Crippen LogP contribution in [0.25, 0.3) is 11.3 Å². The van der Waals surface area contributed by atoms with Crippen LogP contribution in [0, 0.1) is 20.8 Å². The fraction of sp³-hybridized carbons (Fsp3) is 0.227. The molecule has 7 heteroatoms. The Morgan fingerprint density at radius 2 is 1.76 bits per heavy atom. The number of nitrogens with one attached hydrogen (secondary N) is 2. The van der Waals surface area contributed by atoms with Crippen molar-refractivity contribution in [1.82, 2.24) is 4.98 Å². The normalized spacial score (nSPS) is 10.5. The Kier molecular flexibility index (Phi) is 6.29. The van der Waals surface area contributed by atoms with E-state index < -0.39 is 0 Å². The molecule has 0 aliphatic rings. The van der Waals surface area contributed by atoms with Crippen LogP contribution < -0.4 is 15.4 Å². The molecule has 0 spiro atoms. The summed E-state index contributed by atoms with van der Waals surface area (Å²) in [6.45, 7) is 7.26. The molecule has 1 aromatic heterocycles. The number of thiazole rings is 1. The quantitative estimate of drug-likeness (QED) is 0.618.